The Bertz CT molecular complexity index is 654. The summed E-state index contributed by atoms with van der Waals surface area (Å²) < 4.78 is 5.13. The number of benzene rings is 2. The summed E-state index contributed by atoms with van der Waals surface area (Å²) in [5.41, 5.74) is 4.59. The van der Waals surface area contributed by atoms with E-state index in [4.69, 9.17) is 4.74 Å². The fourth-order valence-corrected chi connectivity index (χ4v) is 2.41. The Labute approximate surface area is 134 Å². The predicted molar refractivity (Wildman–Crippen MR) is 90.6 cm³/mol. The first kappa shape index (κ1) is 16.1. The molecule has 1 N–H and O–H groups in total. The van der Waals surface area contributed by atoms with Crippen molar-refractivity contribution >= 4 is 23.9 Å². The Hall–Kier alpha value is -2.27. The predicted octanol–water partition coefficient (Wildman–Crippen LogP) is 3.25. The number of hydrogen-bond acceptors (Lipinski definition) is 4. The minimum absolute atomic E-state index is 0.135. The second-order valence-electron chi connectivity index (χ2n) is 4.67. The highest BCUT2D eigenvalue weighted by atomic mass is 32.2. The van der Waals surface area contributed by atoms with E-state index in [2.05, 4.69) is 10.5 Å². The van der Waals surface area contributed by atoms with Gasteiger partial charge in [-0.1, -0.05) is 29.8 Å². The molecule has 0 saturated carbocycles. The maximum Gasteiger partial charge on any atom is 0.250 e. The number of thioether (sulfide) groups is 1. The summed E-state index contributed by atoms with van der Waals surface area (Å²) in [6.45, 7) is 2.04. The van der Waals surface area contributed by atoms with Crippen LogP contribution in [0.1, 0.15) is 11.1 Å². The lowest BCUT2D eigenvalue weighted by Crippen LogP contribution is -2.19. The highest BCUT2D eigenvalue weighted by molar-refractivity contribution is 8.00. The van der Waals surface area contributed by atoms with Crippen molar-refractivity contribution in [1.82, 2.24) is 5.43 Å². The van der Waals surface area contributed by atoms with Crippen LogP contribution in [0.5, 0.6) is 5.75 Å². The summed E-state index contributed by atoms with van der Waals surface area (Å²) in [7, 11) is 1.61. The number of nitrogens with zero attached hydrogens (tertiary/aromatic N) is 1. The van der Waals surface area contributed by atoms with Gasteiger partial charge in [0, 0.05) is 4.90 Å². The molecule has 0 aliphatic carbocycles. The topological polar surface area (TPSA) is 50.7 Å². The van der Waals surface area contributed by atoms with Crippen molar-refractivity contribution in [2.45, 2.75) is 11.8 Å². The van der Waals surface area contributed by atoms with E-state index < -0.39 is 0 Å². The van der Waals surface area contributed by atoms with Crippen LogP contribution in [0.2, 0.25) is 0 Å². The summed E-state index contributed by atoms with van der Waals surface area (Å²) in [5.74, 6) is 0.952. The van der Waals surface area contributed by atoms with Crippen LogP contribution < -0.4 is 10.2 Å². The van der Waals surface area contributed by atoms with Crippen LogP contribution in [0.25, 0.3) is 0 Å². The van der Waals surface area contributed by atoms with Crippen molar-refractivity contribution in [1.29, 1.82) is 0 Å². The number of hydrogen-bond donors (Lipinski definition) is 1. The van der Waals surface area contributed by atoms with E-state index >= 15 is 0 Å². The zero-order valence-electron chi connectivity index (χ0n) is 12.6. The van der Waals surface area contributed by atoms with Crippen LogP contribution in [-0.2, 0) is 4.79 Å². The maximum atomic E-state index is 11.7. The number of hydrazone groups is 1. The molecule has 0 aliphatic heterocycles. The van der Waals surface area contributed by atoms with Gasteiger partial charge in [-0.25, -0.2) is 5.43 Å². The maximum absolute atomic E-state index is 11.7. The molecule has 2 rings (SSSR count). The lowest BCUT2D eigenvalue weighted by molar-refractivity contribution is -0.118. The highest BCUT2D eigenvalue weighted by Gasteiger charge is 2.01. The summed E-state index contributed by atoms with van der Waals surface area (Å²) in [5, 5.41) is 3.95. The standard InChI is InChI=1S/C17H18N2O2S/c1-13-6-8-16(9-7-13)22-12-17(20)19-18-11-14-4-3-5-15(10-14)21-2/h3-11H,12H2,1-2H3,(H,19,20)/b18-11+. The average Bonchev–Trinajstić information content (AvgIpc) is 2.54. The Morgan fingerprint density at radius 2 is 2.05 bits per heavy atom. The van der Waals surface area contributed by atoms with Gasteiger partial charge in [0.1, 0.15) is 5.75 Å². The van der Waals surface area contributed by atoms with E-state index in [9.17, 15) is 4.79 Å². The molecule has 0 heterocycles. The Kier molecular flexibility index (Phi) is 6.03. The molecule has 0 aromatic heterocycles. The van der Waals surface area contributed by atoms with Gasteiger partial charge in [-0.2, -0.15) is 5.10 Å². The molecule has 0 saturated heterocycles. The van der Waals surface area contributed by atoms with Crippen molar-refractivity contribution < 1.29 is 9.53 Å². The Morgan fingerprint density at radius 3 is 2.77 bits per heavy atom. The van der Waals surface area contributed by atoms with Gasteiger partial charge < -0.3 is 4.74 Å². The number of carbonyl (C=O) groups excluding carboxylic acids is 1. The van der Waals surface area contributed by atoms with E-state index in [1.807, 2.05) is 55.5 Å². The van der Waals surface area contributed by atoms with E-state index in [1.54, 1.807) is 13.3 Å². The molecule has 0 radical (unpaired) electrons. The van der Waals surface area contributed by atoms with Crippen LogP contribution in [0.15, 0.2) is 58.5 Å². The molecule has 22 heavy (non-hydrogen) atoms. The fourth-order valence-electron chi connectivity index (χ4n) is 1.72. The fraction of sp³-hybridized carbons (Fsp3) is 0.176. The quantitative estimate of drug-likeness (QED) is 0.506. The van der Waals surface area contributed by atoms with E-state index in [0.29, 0.717) is 5.75 Å². The van der Waals surface area contributed by atoms with E-state index in [-0.39, 0.29) is 5.91 Å². The second-order valence-corrected chi connectivity index (χ2v) is 5.72. The van der Waals surface area contributed by atoms with Crippen LogP contribution in [0.4, 0.5) is 0 Å². The van der Waals surface area contributed by atoms with Crippen molar-refractivity contribution in [2.24, 2.45) is 5.10 Å². The third kappa shape index (κ3) is 5.26. The first-order chi connectivity index (χ1) is 10.7. The zero-order chi connectivity index (χ0) is 15.8. The summed E-state index contributed by atoms with van der Waals surface area (Å²) in [6, 6.07) is 15.5. The molecule has 0 fully saturated rings. The molecule has 0 bridgehead atoms. The SMILES string of the molecule is COc1cccc(/C=N/NC(=O)CSc2ccc(C)cc2)c1. The molecule has 0 unspecified atom stereocenters. The van der Waals surface area contributed by atoms with Crippen molar-refractivity contribution in [3.8, 4) is 5.75 Å². The number of ether oxygens (including phenoxy) is 1. The molecule has 4 nitrogen and oxygen atoms in total. The third-order valence-corrected chi connectivity index (χ3v) is 3.90. The van der Waals surface area contributed by atoms with Crippen LogP contribution >= 0.6 is 11.8 Å². The van der Waals surface area contributed by atoms with Crippen LogP contribution in [-0.4, -0.2) is 25.0 Å². The zero-order valence-corrected chi connectivity index (χ0v) is 13.4. The number of carbonyl (C=O) groups is 1. The minimum atomic E-state index is -0.135. The summed E-state index contributed by atoms with van der Waals surface area (Å²) in [6.07, 6.45) is 1.59. The molecule has 2 aromatic carbocycles. The molecule has 5 heteroatoms. The molecular formula is C17H18N2O2S. The minimum Gasteiger partial charge on any atom is -0.497 e. The van der Waals surface area contributed by atoms with Crippen LogP contribution in [0.3, 0.4) is 0 Å². The molecular weight excluding hydrogens is 296 g/mol. The Morgan fingerprint density at radius 1 is 1.27 bits per heavy atom. The first-order valence-corrected chi connectivity index (χ1v) is 7.81. The molecule has 114 valence electrons. The van der Waals surface area contributed by atoms with Gasteiger partial charge in [-0.15, -0.1) is 11.8 Å². The number of amides is 1. The van der Waals surface area contributed by atoms with Crippen molar-refractivity contribution in [3.63, 3.8) is 0 Å². The largest absolute Gasteiger partial charge is 0.497 e. The molecule has 0 aliphatic rings. The van der Waals surface area contributed by atoms with E-state index in [1.165, 1.54) is 17.3 Å². The van der Waals surface area contributed by atoms with Gasteiger partial charge in [0.2, 0.25) is 5.91 Å². The number of nitrogens with one attached hydrogen (secondary N) is 1. The van der Waals surface area contributed by atoms with Crippen LogP contribution in [0, 0.1) is 6.92 Å². The molecule has 1 amide bonds. The lowest BCUT2D eigenvalue weighted by atomic mass is 10.2. The number of methoxy groups -OCH3 is 1. The van der Waals surface area contributed by atoms with Gasteiger partial charge in [0.05, 0.1) is 19.1 Å². The normalized spacial score (nSPS) is 10.6. The molecule has 2 aromatic rings. The lowest BCUT2D eigenvalue weighted by Gasteiger charge is -2.02. The second kappa shape index (κ2) is 8.24. The monoisotopic (exact) mass is 314 g/mol. The number of aryl methyl sites for hydroxylation is 1. The number of rotatable bonds is 6. The van der Waals surface area contributed by atoms with E-state index in [0.717, 1.165) is 16.2 Å². The molecule has 0 spiro atoms. The Balaban J connectivity index is 1.79. The van der Waals surface area contributed by atoms with Crippen molar-refractivity contribution in [3.05, 3.63) is 59.7 Å². The van der Waals surface area contributed by atoms with Crippen molar-refractivity contribution in [2.75, 3.05) is 12.9 Å². The summed E-state index contributed by atoms with van der Waals surface area (Å²) in [4.78, 5) is 12.8. The summed E-state index contributed by atoms with van der Waals surface area (Å²) >= 11 is 1.48. The van der Waals surface area contributed by atoms with Gasteiger partial charge in [0.25, 0.3) is 0 Å². The smallest absolute Gasteiger partial charge is 0.250 e. The molecule has 0 atom stereocenters. The van der Waals surface area contributed by atoms with Gasteiger partial charge in [0.15, 0.2) is 0 Å². The van der Waals surface area contributed by atoms with Gasteiger partial charge in [-0.3, -0.25) is 4.79 Å². The average molecular weight is 314 g/mol. The van der Waals surface area contributed by atoms with Gasteiger partial charge >= 0.3 is 0 Å². The third-order valence-electron chi connectivity index (χ3n) is 2.89. The highest BCUT2D eigenvalue weighted by Crippen LogP contribution is 2.17. The first-order valence-electron chi connectivity index (χ1n) is 6.83. The van der Waals surface area contributed by atoms with Gasteiger partial charge in [-0.05, 0) is 36.8 Å².